The summed E-state index contributed by atoms with van der Waals surface area (Å²) in [6.07, 6.45) is 0. The zero-order valence-electron chi connectivity index (χ0n) is 15.3. The fraction of sp³-hybridized carbons (Fsp3) is 0.381. The molecule has 0 saturated carbocycles. The molecule has 1 saturated heterocycles. The van der Waals surface area contributed by atoms with Crippen molar-refractivity contribution in [3.63, 3.8) is 0 Å². The fourth-order valence-electron chi connectivity index (χ4n) is 2.98. The quantitative estimate of drug-likeness (QED) is 0.816. The summed E-state index contributed by atoms with van der Waals surface area (Å²) in [4.78, 5) is 16.8. The van der Waals surface area contributed by atoms with Gasteiger partial charge in [0.1, 0.15) is 11.6 Å². The van der Waals surface area contributed by atoms with Gasteiger partial charge in [0.05, 0.1) is 6.61 Å². The van der Waals surface area contributed by atoms with E-state index in [4.69, 9.17) is 4.74 Å². The molecule has 0 aromatic heterocycles. The Morgan fingerprint density at radius 2 is 1.77 bits per heavy atom. The highest BCUT2D eigenvalue weighted by Gasteiger charge is 2.22. The maximum atomic E-state index is 13.1. The van der Waals surface area contributed by atoms with Crippen molar-refractivity contribution in [3.05, 3.63) is 59.9 Å². The van der Waals surface area contributed by atoms with E-state index in [1.54, 1.807) is 12.1 Å². The monoisotopic (exact) mass is 356 g/mol. The van der Waals surface area contributed by atoms with Gasteiger partial charge < -0.3 is 14.5 Å². The van der Waals surface area contributed by atoms with Crippen LogP contribution in [0.4, 0.5) is 10.1 Å². The maximum Gasteiger partial charge on any atom is 0.254 e. The molecule has 2 aromatic rings. The molecule has 1 amide bonds. The third-order valence-corrected chi connectivity index (χ3v) is 4.42. The fourth-order valence-corrected chi connectivity index (χ4v) is 2.98. The molecule has 0 spiro atoms. The number of piperazine rings is 1. The van der Waals surface area contributed by atoms with Gasteiger partial charge >= 0.3 is 0 Å². The van der Waals surface area contributed by atoms with Crippen molar-refractivity contribution < 1.29 is 13.9 Å². The van der Waals surface area contributed by atoms with Gasteiger partial charge in [-0.3, -0.25) is 4.79 Å². The second kappa shape index (κ2) is 8.21. The van der Waals surface area contributed by atoms with Crippen molar-refractivity contribution in [2.24, 2.45) is 5.92 Å². The summed E-state index contributed by atoms with van der Waals surface area (Å²) in [6.45, 7) is 7.58. The van der Waals surface area contributed by atoms with Gasteiger partial charge in [0.2, 0.25) is 0 Å². The Balaban J connectivity index is 1.59. The first kappa shape index (κ1) is 18.2. The first-order chi connectivity index (χ1) is 12.5. The van der Waals surface area contributed by atoms with E-state index < -0.39 is 0 Å². The first-order valence-electron chi connectivity index (χ1n) is 9.05. The number of ether oxygens (including phenoxy) is 1. The first-order valence-corrected chi connectivity index (χ1v) is 9.05. The van der Waals surface area contributed by atoms with Crippen molar-refractivity contribution in [1.29, 1.82) is 0 Å². The molecule has 1 aliphatic heterocycles. The van der Waals surface area contributed by atoms with E-state index in [1.165, 1.54) is 12.1 Å². The predicted molar refractivity (Wildman–Crippen MR) is 101 cm³/mol. The van der Waals surface area contributed by atoms with Crippen LogP contribution in [0.2, 0.25) is 0 Å². The minimum atomic E-state index is -0.234. The van der Waals surface area contributed by atoms with Crippen LogP contribution in [0.3, 0.4) is 0 Å². The summed E-state index contributed by atoms with van der Waals surface area (Å²) in [6, 6.07) is 13.9. The number of halogens is 1. The van der Waals surface area contributed by atoms with E-state index >= 15 is 0 Å². The van der Waals surface area contributed by atoms with E-state index in [2.05, 4.69) is 18.7 Å². The van der Waals surface area contributed by atoms with Gasteiger partial charge in [-0.25, -0.2) is 4.39 Å². The van der Waals surface area contributed by atoms with Gasteiger partial charge in [-0.1, -0.05) is 19.9 Å². The molecule has 4 nitrogen and oxygen atoms in total. The molecule has 26 heavy (non-hydrogen) atoms. The number of anilines is 1. The molecule has 0 N–H and O–H groups in total. The van der Waals surface area contributed by atoms with Crippen LogP contribution < -0.4 is 9.64 Å². The minimum Gasteiger partial charge on any atom is -0.493 e. The van der Waals surface area contributed by atoms with E-state index in [0.29, 0.717) is 31.2 Å². The predicted octanol–water partition coefficient (Wildman–Crippen LogP) is 3.82. The second-order valence-electron chi connectivity index (χ2n) is 6.99. The van der Waals surface area contributed by atoms with Crippen molar-refractivity contribution in [2.45, 2.75) is 13.8 Å². The summed E-state index contributed by atoms with van der Waals surface area (Å²) in [5, 5.41) is 0. The van der Waals surface area contributed by atoms with E-state index in [9.17, 15) is 9.18 Å². The lowest BCUT2D eigenvalue weighted by Gasteiger charge is -2.36. The topological polar surface area (TPSA) is 32.8 Å². The molecule has 1 fully saturated rings. The number of rotatable bonds is 5. The van der Waals surface area contributed by atoms with E-state index in [-0.39, 0.29) is 11.7 Å². The van der Waals surface area contributed by atoms with Gasteiger partial charge in [-0.2, -0.15) is 0 Å². The normalized spacial score (nSPS) is 14.6. The summed E-state index contributed by atoms with van der Waals surface area (Å²) in [5.74, 6) is 0.962. The lowest BCUT2D eigenvalue weighted by molar-refractivity contribution is 0.0746. The van der Waals surface area contributed by atoms with Crippen molar-refractivity contribution in [3.8, 4) is 5.75 Å². The molecular formula is C21H25FN2O2. The Kier molecular flexibility index (Phi) is 5.76. The van der Waals surface area contributed by atoms with Gasteiger partial charge in [-0.05, 0) is 48.4 Å². The highest BCUT2D eigenvalue weighted by Crippen LogP contribution is 2.20. The third-order valence-electron chi connectivity index (χ3n) is 4.42. The zero-order valence-corrected chi connectivity index (χ0v) is 15.3. The summed E-state index contributed by atoms with van der Waals surface area (Å²) in [7, 11) is 0. The Hall–Kier alpha value is -2.56. The van der Waals surface area contributed by atoms with Crippen LogP contribution in [-0.2, 0) is 0 Å². The average Bonchev–Trinajstić information content (AvgIpc) is 2.67. The second-order valence-corrected chi connectivity index (χ2v) is 6.99. The van der Waals surface area contributed by atoms with Crippen LogP contribution in [0, 0.1) is 11.7 Å². The van der Waals surface area contributed by atoms with Crippen molar-refractivity contribution >= 4 is 11.6 Å². The Bertz CT molecular complexity index is 738. The standard InChI is InChI=1S/C21H25FN2O2/c1-16(2)15-26-20-5-3-4-17(14-20)21(25)24-12-10-23(11-13-24)19-8-6-18(22)7-9-19/h3-9,14,16H,10-13,15H2,1-2H3. The molecule has 2 aromatic carbocycles. The Labute approximate surface area is 154 Å². The zero-order chi connectivity index (χ0) is 18.5. The van der Waals surface area contributed by atoms with Crippen LogP contribution in [-0.4, -0.2) is 43.6 Å². The van der Waals surface area contributed by atoms with E-state index in [0.717, 1.165) is 24.5 Å². The molecular weight excluding hydrogens is 331 g/mol. The lowest BCUT2D eigenvalue weighted by atomic mass is 10.1. The van der Waals surface area contributed by atoms with Crippen LogP contribution in [0.1, 0.15) is 24.2 Å². The molecule has 0 aliphatic carbocycles. The SMILES string of the molecule is CC(C)COc1cccc(C(=O)N2CCN(c3ccc(F)cc3)CC2)c1. The molecule has 0 atom stereocenters. The van der Waals surface area contributed by atoms with Crippen LogP contribution in [0.5, 0.6) is 5.75 Å². The maximum absolute atomic E-state index is 13.1. The molecule has 5 heteroatoms. The van der Waals surface area contributed by atoms with Crippen LogP contribution in [0.15, 0.2) is 48.5 Å². The number of carbonyl (C=O) groups excluding carboxylic acids is 1. The van der Waals surface area contributed by atoms with Gasteiger partial charge in [0.25, 0.3) is 5.91 Å². The van der Waals surface area contributed by atoms with Gasteiger partial charge in [-0.15, -0.1) is 0 Å². The number of amides is 1. The average molecular weight is 356 g/mol. The number of nitrogens with zero attached hydrogens (tertiary/aromatic N) is 2. The molecule has 0 radical (unpaired) electrons. The smallest absolute Gasteiger partial charge is 0.254 e. The molecule has 0 bridgehead atoms. The molecule has 1 heterocycles. The summed E-state index contributed by atoms with van der Waals surface area (Å²) in [5.41, 5.74) is 1.64. The lowest BCUT2D eigenvalue weighted by Crippen LogP contribution is -2.48. The number of carbonyl (C=O) groups is 1. The van der Waals surface area contributed by atoms with Crippen molar-refractivity contribution in [2.75, 3.05) is 37.7 Å². The molecule has 1 aliphatic rings. The molecule has 0 unspecified atom stereocenters. The van der Waals surface area contributed by atoms with Gasteiger partial charge in [0, 0.05) is 37.4 Å². The van der Waals surface area contributed by atoms with Crippen LogP contribution in [0.25, 0.3) is 0 Å². The van der Waals surface area contributed by atoms with Crippen molar-refractivity contribution in [1.82, 2.24) is 4.90 Å². The van der Waals surface area contributed by atoms with E-state index in [1.807, 2.05) is 29.2 Å². The minimum absolute atomic E-state index is 0.0266. The number of hydrogen-bond donors (Lipinski definition) is 0. The number of hydrogen-bond acceptors (Lipinski definition) is 3. The molecule has 3 rings (SSSR count). The Morgan fingerprint density at radius 3 is 2.42 bits per heavy atom. The van der Waals surface area contributed by atoms with Gasteiger partial charge in [0.15, 0.2) is 0 Å². The highest BCUT2D eigenvalue weighted by molar-refractivity contribution is 5.94. The third kappa shape index (κ3) is 4.54. The molecule has 138 valence electrons. The Morgan fingerprint density at radius 1 is 1.08 bits per heavy atom. The summed E-state index contributed by atoms with van der Waals surface area (Å²) >= 11 is 0. The largest absolute Gasteiger partial charge is 0.493 e. The van der Waals surface area contributed by atoms with Crippen LogP contribution >= 0.6 is 0 Å². The summed E-state index contributed by atoms with van der Waals surface area (Å²) < 4.78 is 18.8. The number of benzene rings is 2. The highest BCUT2D eigenvalue weighted by atomic mass is 19.1.